The van der Waals surface area contributed by atoms with E-state index in [2.05, 4.69) is 45.3 Å². The Balaban J connectivity index is 3.75. The van der Waals surface area contributed by atoms with Crippen LogP contribution < -0.4 is 10.6 Å². The fourth-order valence-corrected chi connectivity index (χ4v) is 2.06. The largest absolute Gasteiger partial charge is 0.355 e. The first kappa shape index (κ1) is 18.4. The average Bonchev–Trinajstić information content (AvgIpc) is 2.27. The van der Waals surface area contributed by atoms with Gasteiger partial charge in [0.05, 0.1) is 6.04 Å². The van der Waals surface area contributed by atoms with Gasteiger partial charge >= 0.3 is 0 Å². The molecule has 0 aliphatic heterocycles. The van der Waals surface area contributed by atoms with Crippen LogP contribution in [0.25, 0.3) is 0 Å². The topological polar surface area (TPSA) is 41.1 Å². The molecule has 0 radical (unpaired) electrons. The van der Waals surface area contributed by atoms with Gasteiger partial charge in [-0.05, 0) is 38.5 Å². The van der Waals surface area contributed by atoms with Crippen molar-refractivity contribution in [3.63, 3.8) is 0 Å². The lowest BCUT2D eigenvalue weighted by atomic mass is 10.0. The SMILES string of the molecule is CC(C)CCCC(C)NC(C)C(=O)NCCC(C)C. The lowest BCUT2D eigenvalue weighted by Gasteiger charge is -2.20. The monoisotopic (exact) mass is 270 g/mol. The smallest absolute Gasteiger partial charge is 0.236 e. The highest BCUT2D eigenvalue weighted by atomic mass is 16.2. The third-order valence-electron chi connectivity index (χ3n) is 3.37. The van der Waals surface area contributed by atoms with Crippen LogP contribution in [0.1, 0.15) is 67.2 Å². The van der Waals surface area contributed by atoms with Crippen LogP contribution in [0.4, 0.5) is 0 Å². The fourth-order valence-electron chi connectivity index (χ4n) is 2.06. The summed E-state index contributed by atoms with van der Waals surface area (Å²) in [5.41, 5.74) is 0. The molecule has 3 heteroatoms. The van der Waals surface area contributed by atoms with Crippen molar-refractivity contribution in [3.8, 4) is 0 Å². The summed E-state index contributed by atoms with van der Waals surface area (Å²) in [5.74, 6) is 1.53. The van der Waals surface area contributed by atoms with Crippen molar-refractivity contribution in [2.75, 3.05) is 6.54 Å². The lowest BCUT2D eigenvalue weighted by Crippen LogP contribution is -2.46. The van der Waals surface area contributed by atoms with Crippen LogP contribution in [0.3, 0.4) is 0 Å². The maximum atomic E-state index is 11.9. The number of carbonyl (C=O) groups excluding carboxylic acids is 1. The van der Waals surface area contributed by atoms with E-state index >= 15 is 0 Å². The van der Waals surface area contributed by atoms with Crippen LogP contribution in [0.5, 0.6) is 0 Å². The van der Waals surface area contributed by atoms with Gasteiger partial charge in [0.15, 0.2) is 0 Å². The predicted molar refractivity (Wildman–Crippen MR) is 83.2 cm³/mol. The molecule has 114 valence electrons. The van der Waals surface area contributed by atoms with Crippen molar-refractivity contribution < 1.29 is 4.79 Å². The third kappa shape index (κ3) is 11.0. The molecule has 0 bridgehead atoms. The first-order chi connectivity index (χ1) is 8.82. The zero-order valence-electron chi connectivity index (χ0n) is 13.8. The summed E-state index contributed by atoms with van der Waals surface area (Å²) < 4.78 is 0. The van der Waals surface area contributed by atoms with Gasteiger partial charge in [0.25, 0.3) is 0 Å². The Bertz CT molecular complexity index is 239. The molecule has 0 aromatic rings. The molecule has 0 aliphatic rings. The summed E-state index contributed by atoms with van der Waals surface area (Å²) in [6, 6.07) is 0.311. The van der Waals surface area contributed by atoms with Crippen LogP contribution in [-0.4, -0.2) is 24.5 Å². The molecule has 0 rings (SSSR count). The number of hydrogen-bond acceptors (Lipinski definition) is 2. The maximum absolute atomic E-state index is 11.9. The van der Waals surface area contributed by atoms with Gasteiger partial charge in [0.2, 0.25) is 5.91 Å². The molecular weight excluding hydrogens is 236 g/mol. The highest BCUT2D eigenvalue weighted by molar-refractivity contribution is 5.81. The second-order valence-corrected chi connectivity index (χ2v) is 6.59. The molecule has 2 unspecified atom stereocenters. The molecule has 0 spiro atoms. The van der Waals surface area contributed by atoms with Gasteiger partial charge < -0.3 is 10.6 Å². The van der Waals surface area contributed by atoms with Gasteiger partial charge in [-0.25, -0.2) is 0 Å². The van der Waals surface area contributed by atoms with Crippen molar-refractivity contribution >= 4 is 5.91 Å². The van der Waals surface area contributed by atoms with Gasteiger partial charge in [0.1, 0.15) is 0 Å². The Morgan fingerprint density at radius 2 is 1.47 bits per heavy atom. The molecule has 1 amide bonds. The van der Waals surface area contributed by atoms with E-state index in [1.54, 1.807) is 0 Å². The number of hydrogen-bond donors (Lipinski definition) is 2. The van der Waals surface area contributed by atoms with Crippen molar-refractivity contribution in [1.29, 1.82) is 0 Å². The maximum Gasteiger partial charge on any atom is 0.236 e. The Hall–Kier alpha value is -0.570. The molecular formula is C16H34N2O. The van der Waals surface area contributed by atoms with Crippen LogP contribution in [0, 0.1) is 11.8 Å². The third-order valence-corrected chi connectivity index (χ3v) is 3.37. The molecule has 3 nitrogen and oxygen atoms in total. The minimum atomic E-state index is -0.0961. The second kappa shape index (κ2) is 10.2. The van der Waals surface area contributed by atoms with E-state index in [0.717, 1.165) is 25.3 Å². The summed E-state index contributed by atoms with van der Waals surface area (Å²) >= 11 is 0. The van der Waals surface area contributed by atoms with Gasteiger partial charge in [-0.1, -0.05) is 40.5 Å². The van der Waals surface area contributed by atoms with Gasteiger partial charge in [-0.2, -0.15) is 0 Å². The molecule has 19 heavy (non-hydrogen) atoms. The minimum Gasteiger partial charge on any atom is -0.355 e. The molecule has 2 N–H and O–H groups in total. The van der Waals surface area contributed by atoms with E-state index in [4.69, 9.17) is 0 Å². The molecule has 0 saturated heterocycles. The summed E-state index contributed by atoms with van der Waals surface area (Å²) in [4.78, 5) is 11.9. The van der Waals surface area contributed by atoms with Crippen LogP contribution >= 0.6 is 0 Å². The number of rotatable bonds is 10. The first-order valence-corrected chi connectivity index (χ1v) is 7.86. The molecule has 0 aromatic carbocycles. The van der Waals surface area contributed by atoms with E-state index in [1.807, 2.05) is 6.92 Å². The van der Waals surface area contributed by atoms with Gasteiger partial charge in [0, 0.05) is 12.6 Å². The summed E-state index contributed by atoms with van der Waals surface area (Å²) in [6.07, 6.45) is 4.68. The van der Waals surface area contributed by atoms with Crippen molar-refractivity contribution in [2.24, 2.45) is 11.8 Å². The van der Waals surface area contributed by atoms with E-state index < -0.39 is 0 Å². The van der Waals surface area contributed by atoms with Gasteiger partial charge in [-0.3, -0.25) is 4.79 Å². The van der Waals surface area contributed by atoms with Crippen LogP contribution in [-0.2, 0) is 4.79 Å². The quantitative estimate of drug-likeness (QED) is 0.639. The molecule has 0 aliphatic carbocycles. The van der Waals surface area contributed by atoms with Crippen molar-refractivity contribution in [2.45, 2.75) is 79.3 Å². The fraction of sp³-hybridized carbons (Fsp3) is 0.938. The van der Waals surface area contributed by atoms with E-state index in [-0.39, 0.29) is 11.9 Å². The molecule has 0 fully saturated rings. The van der Waals surface area contributed by atoms with Crippen LogP contribution in [0.15, 0.2) is 0 Å². The van der Waals surface area contributed by atoms with E-state index in [9.17, 15) is 4.79 Å². The van der Waals surface area contributed by atoms with Crippen LogP contribution in [0.2, 0.25) is 0 Å². The standard InChI is InChI=1S/C16H34N2O/c1-12(2)8-7-9-14(5)18-15(6)16(19)17-11-10-13(3)4/h12-15,18H,7-11H2,1-6H3,(H,17,19). The normalized spacial score (nSPS) is 14.7. The zero-order chi connectivity index (χ0) is 14.8. The Morgan fingerprint density at radius 1 is 0.895 bits per heavy atom. The molecule has 0 aromatic heterocycles. The lowest BCUT2D eigenvalue weighted by molar-refractivity contribution is -0.122. The van der Waals surface area contributed by atoms with Crippen molar-refractivity contribution in [1.82, 2.24) is 10.6 Å². The second-order valence-electron chi connectivity index (χ2n) is 6.59. The highest BCUT2D eigenvalue weighted by Crippen LogP contribution is 2.08. The van der Waals surface area contributed by atoms with E-state index in [0.29, 0.717) is 12.0 Å². The molecule has 0 saturated carbocycles. The summed E-state index contributed by atoms with van der Waals surface area (Å²) in [7, 11) is 0. The number of carbonyl (C=O) groups is 1. The van der Waals surface area contributed by atoms with Crippen molar-refractivity contribution in [3.05, 3.63) is 0 Å². The predicted octanol–water partition coefficient (Wildman–Crippen LogP) is 3.34. The summed E-state index contributed by atoms with van der Waals surface area (Å²) in [5, 5.41) is 6.37. The number of nitrogens with one attached hydrogen (secondary N) is 2. The molecule has 0 heterocycles. The Labute approximate surface area is 119 Å². The number of amides is 1. The Kier molecular flexibility index (Phi) is 9.94. The summed E-state index contributed by atoms with van der Waals surface area (Å²) in [6.45, 7) is 13.7. The highest BCUT2D eigenvalue weighted by Gasteiger charge is 2.14. The van der Waals surface area contributed by atoms with E-state index in [1.165, 1.54) is 12.8 Å². The molecule has 2 atom stereocenters. The Morgan fingerprint density at radius 3 is 2.00 bits per heavy atom. The van der Waals surface area contributed by atoms with Gasteiger partial charge in [-0.15, -0.1) is 0 Å². The zero-order valence-corrected chi connectivity index (χ0v) is 13.8. The first-order valence-electron chi connectivity index (χ1n) is 7.86. The minimum absolute atomic E-state index is 0.0961. The average molecular weight is 270 g/mol.